The van der Waals surface area contributed by atoms with Crippen LogP contribution in [-0.4, -0.2) is 55.2 Å². The molecule has 0 bridgehead atoms. The molecule has 1 aromatic carbocycles. The largest absolute Gasteiger partial charge is 0.356 e. The molecule has 0 unspecified atom stereocenters. The number of imide groups is 1. The fraction of sp³-hybridized carbons (Fsp3) is 0.400. The first-order valence-corrected chi connectivity index (χ1v) is 6.91. The summed E-state index contributed by atoms with van der Waals surface area (Å²) in [6.45, 7) is 0. The van der Waals surface area contributed by atoms with Crippen molar-refractivity contribution in [2.75, 3.05) is 14.2 Å². The maximum Gasteiger partial charge on any atom is 0.262 e. The minimum atomic E-state index is -0.819. The Bertz CT molecular complexity index is 606. The summed E-state index contributed by atoms with van der Waals surface area (Å²) in [6.07, 6.45) is -0.153. The molecule has 116 valence electrons. The molecule has 0 saturated carbocycles. The van der Waals surface area contributed by atoms with Crippen molar-refractivity contribution in [3.63, 3.8) is 0 Å². The molecular weight excluding hydrogens is 288 g/mol. The van der Waals surface area contributed by atoms with Gasteiger partial charge in [-0.3, -0.25) is 19.3 Å². The van der Waals surface area contributed by atoms with E-state index in [-0.39, 0.29) is 11.9 Å². The molecule has 1 aromatic rings. The lowest BCUT2D eigenvalue weighted by atomic mass is 9.93. The second kappa shape index (κ2) is 5.51. The monoisotopic (exact) mass is 304 g/mol. The highest BCUT2D eigenvalue weighted by Crippen LogP contribution is 2.29. The van der Waals surface area contributed by atoms with Crippen molar-refractivity contribution >= 4 is 17.7 Å². The van der Waals surface area contributed by atoms with Gasteiger partial charge in [0.25, 0.3) is 11.8 Å². The van der Waals surface area contributed by atoms with Gasteiger partial charge in [0.1, 0.15) is 6.04 Å². The second-order valence-corrected chi connectivity index (χ2v) is 5.22. The summed E-state index contributed by atoms with van der Waals surface area (Å²) in [5, 5.41) is 2.69. The van der Waals surface area contributed by atoms with Gasteiger partial charge in [-0.2, -0.15) is 0 Å². The van der Waals surface area contributed by atoms with Gasteiger partial charge in [-0.25, -0.2) is 0 Å². The average Bonchev–Trinajstić information content (AvgIpc) is 2.77. The van der Waals surface area contributed by atoms with Crippen molar-refractivity contribution in [1.29, 1.82) is 0 Å². The number of carbonyl (C=O) groups excluding carboxylic acids is 3. The molecule has 3 amide bonds. The number of nitrogens with one attached hydrogen (secondary N) is 1. The molecule has 7 heteroatoms. The van der Waals surface area contributed by atoms with E-state index in [1.807, 2.05) is 0 Å². The Hall–Kier alpha value is -2.25. The van der Waals surface area contributed by atoms with Crippen molar-refractivity contribution in [3.8, 4) is 0 Å². The average molecular weight is 304 g/mol. The van der Waals surface area contributed by atoms with E-state index in [0.29, 0.717) is 17.5 Å². The lowest BCUT2D eigenvalue weighted by Gasteiger charge is -2.41. The number of β-lactam (4-membered cyclic amide) rings is 1. The molecular formula is C15H16N2O5. The molecule has 2 aliphatic rings. The molecule has 1 N–H and O–H groups in total. The van der Waals surface area contributed by atoms with Crippen LogP contribution < -0.4 is 5.32 Å². The van der Waals surface area contributed by atoms with Crippen LogP contribution >= 0.6 is 0 Å². The minimum Gasteiger partial charge on any atom is -0.356 e. The van der Waals surface area contributed by atoms with Gasteiger partial charge in [0.15, 0.2) is 6.29 Å². The number of hydrogen-bond acceptors (Lipinski definition) is 5. The van der Waals surface area contributed by atoms with Gasteiger partial charge in [-0.05, 0) is 12.1 Å². The number of fused-ring (bicyclic) bond motifs is 1. The molecule has 0 spiro atoms. The fourth-order valence-corrected chi connectivity index (χ4v) is 2.88. The van der Waals surface area contributed by atoms with E-state index in [0.717, 1.165) is 4.90 Å². The zero-order valence-electron chi connectivity index (χ0n) is 12.2. The Morgan fingerprint density at radius 1 is 1.09 bits per heavy atom. The molecule has 2 heterocycles. The first-order chi connectivity index (χ1) is 10.6. The molecule has 1 fully saturated rings. The number of amides is 3. The standard InChI is InChI=1S/C15H16N2O5/c1-21-11(22-2)7-10-12(13(18)16-10)17-14(19)8-5-3-4-6-9(8)15(17)20/h3-6,10-12H,7H2,1-2H3,(H,16,18)/t10-,12-/m1/s1. The van der Waals surface area contributed by atoms with E-state index >= 15 is 0 Å². The molecule has 0 aromatic heterocycles. The molecule has 7 nitrogen and oxygen atoms in total. The molecule has 3 rings (SSSR count). The van der Waals surface area contributed by atoms with Gasteiger partial charge < -0.3 is 14.8 Å². The number of carbonyl (C=O) groups is 3. The quantitative estimate of drug-likeness (QED) is 0.476. The number of methoxy groups -OCH3 is 2. The SMILES string of the molecule is COC(C[C@H]1NC(=O)[C@@H]1N1C(=O)c2ccccc2C1=O)OC. The molecule has 1 saturated heterocycles. The molecule has 2 aliphatic heterocycles. The predicted octanol–water partition coefficient (Wildman–Crippen LogP) is 0.159. The summed E-state index contributed by atoms with van der Waals surface area (Å²) in [4.78, 5) is 37.8. The molecule has 0 radical (unpaired) electrons. The highest BCUT2D eigenvalue weighted by molar-refractivity contribution is 6.23. The first kappa shape index (κ1) is 14.7. The zero-order chi connectivity index (χ0) is 15.9. The highest BCUT2D eigenvalue weighted by atomic mass is 16.7. The van der Waals surface area contributed by atoms with Crippen LogP contribution in [0.3, 0.4) is 0 Å². The number of benzene rings is 1. The summed E-state index contributed by atoms with van der Waals surface area (Å²) in [5.74, 6) is -1.21. The Morgan fingerprint density at radius 2 is 1.64 bits per heavy atom. The van der Waals surface area contributed by atoms with E-state index in [4.69, 9.17) is 9.47 Å². The Balaban J connectivity index is 1.83. The minimum absolute atomic E-state index is 0.334. The Kier molecular flexibility index (Phi) is 3.67. The molecule has 0 aliphatic carbocycles. The van der Waals surface area contributed by atoms with Gasteiger partial charge in [0, 0.05) is 20.6 Å². The van der Waals surface area contributed by atoms with E-state index in [9.17, 15) is 14.4 Å². The number of nitrogens with zero attached hydrogens (tertiary/aromatic N) is 1. The third-order valence-corrected chi connectivity index (χ3v) is 4.05. The van der Waals surface area contributed by atoms with Crippen LogP contribution in [0, 0.1) is 0 Å². The van der Waals surface area contributed by atoms with Crippen molar-refractivity contribution < 1.29 is 23.9 Å². The summed E-state index contributed by atoms with van der Waals surface area (Å²) in [7, 11) is 2.98. The normalized spacial score (nSPS) is 23.6. The highest BCUT2D eigenvalue weighted by Gasteiger charge is 2.52. The van der Waals surface area contributed by atoms with Crippen molar-refractivity contribution in [3.05, 3.63) is 35.4 Å². The summed E-state index contributed by atoms with van der Waals surface area (Å²) in [5.41, 5.74) is 0.668. The van der Waals surface area contributed by atoms with Crippen LogP contribution in [0.2, 0.25) is 0 Å². The van der Waals surface area contributed by atoms with Gasteiger partial charge in [-0.15, -0.1) is 0 Å². The van der Waals surface area contributed by atoms with E-state index in [1.165, 1.54) is 14.2 Å². The molecule has 22 heavy (non-hydrogen) atoms. The van der Waals surface area contributed by atoms with E-state index < -0.39 is 24.1 Å². The summed E-state index contributed by atoms with van der Waals surface area (Å²) >= 11 is 0. The van der Waals surface area contributed by atoms with Crippen LogP contribution in [0.5, 0.6) is 0 Å². The maximum absolute atomic E-state index is 12.4. The second-order valence-electron chi connectivity index (χ2n) is 5.22. The number of hydrogen-bond donors (Lipinski definition) is 1. The lowest BCUT2D eigenvalue weighted by molar-refractivity contribution is -0.144. The number of ether oxygens (including phenoxy) is 2. The fourth-order valence-electron chi connectivity index (χ4n) is 2.88. The van der Waals surface area contributed by atoms with Crippen LogP contribution in [0.1, 0.15) is 27.1 Å². The van der Waals surface area contributed by atoms with Gasteiger partial charge >= 0.3 is 0 Å². The van der Waals surface area contributed by atoms with E-state index in [2.05, 4.69) is 5.32 Å². The lowest BCUT2D eigenvalue weighted by Crippen LogP contribution is -2.70. The van der Waals surface area contributed by atoms with Crippen LogP contribution in [-0.2, 0) is 14.3 Å². The van der Waals surface area contributed by atoms with Crippen LogP contribution in [0.4, 0.5) is 0 Å². The third-order valence-electron chi connectivity index (χ3n) is 4.05. The maximum atomic E-state index is 12.4. The zero-order valence-corrected chi connectivity index (χ0v) is 12.2. The van der Waals surface area contributed by atoms with E-state index in [1.54, 1.807) is 24.3 Å². The first-order valence-electron chi connectivity index (χ1n) is 6.91. The van der Waals surface area contributed by atoms with Crippen LogP contribution in [0.15, 0.2) is 24.3 Å². The van der Waals surface area contributed by atoms with Gasteiger partial charge in [0.2, 0.25) is 5.91 Å². The molecule has 2 atom stereocenters. The van der Waals surface area contributed by atoms with Crippen molar-refractivity contribution in [1.82, 2.24) is 10.2 Å². The Labute approximate surface area is 127 Å². The predicted molar refractivity (Wildman–Crippen MR) is 75.1 cm³/mol. The van der Waals surface area contributed by atoms with Crippen molar-refractivity contribution in [2.24, 2.45) is 0 Å². The van der Waals surface area contributed by atoms with Gasteiger partial charge in [0.05, 0.1) is 17.2 Å². The smallest absolute Gasteiger partial charge is 0.262 e. The van der Waals surface area contributed by atoms with Gasteiger partial charge in [-0.1, -0.05) is 12.1 Å². The topological polar surface area (TPSA) is 84.9 Å². The van der Waals surface area contributed by atoms with Crippen molar-refractivity contribution in [2.45, 2.75) is 24.8 Å². The summed E-state index contributed by atoms with van der Waals surface area (Å²) < 4.78 is 10.2. The Morgan fingerprint density at radius 3 is 2.09 bits per heavy atom. The third kappa shape index (κ3) is 2.10. The number of rotatable bonds is 5. The summed E-state index contributed by atoms with van der Waals surface area (Å²) in [6, 6.07) is 5.37. The van der Waals surface area contributed by atoms with Crippen LogP contribution in [0.25, 0.3) is 0 Å².